The second-order valence-corrected chi connectivity index (χ2v) is 10.2. The van der Waals surface area contributed by atoms with Gasteiger partial charge in [0, 0.05) is 19.4 Å². The molecule has 0 bridgehead atoms. The van der Waals surface area contributed by atoms with Crippen LogP contribution in [0.3, 0.4) is 0 Å². The van der Waals surface area contributed by atoms with Gasteiger partial charge >= 0.3 is 0 Å². The van der Waals surface area contributed by atoms with Crippen LogP contribution in [0, 0.1) is 0 Å². The summed E-state index contributed by atoms with van der Waals surface area (Å²) in [6, 6.07) is 0. The van der Waals surface area contributed by atoms with Crippen molar-refractivity contribution in [3.05, 3.63) is 0 Å². The molecule has 10 atom stereocenters. The molecule has 0 saturated carbocycles. The molecule has 5 heterocycles. The summed E-state index contributed by atoms with van der Waals surface area (Å²) in [7, 11) is 0. The number of hydrogen-bond acceptors (Lipinski definition) is 9. The molecule has 5 saturated heterocycles. The minimum absolute atomic E-state index is 0.0339. The first kappa shape index (κ1) is 23.4. The molecule has 0 aliphatic carbocycles. The number of rotatable bonds is 3. The van der Waals surface area contributed by atoms with E-state index in [0.717, 1.165) is 32.1 Å². The van der Waals surface area contributed by atoms with E-state index in [2.05, 4.69) is 0 Å². The molecule has 5 aliphatic rings. The number of aliphatic hydroxyl groups excluding tert-OH is 2. The van der Waals surface area contributed by atoms with E-state index in [1.807, 2.05) is 13.8 Å². The minimum Gasteiger partial charge on any atom is -0.394 e. The highest BCUT2D eigenvalue weighted by Gasteiger charge is 2.51. The van der Waals surface area contributed by atoms with Crippen LogP contribution in [-0.2, 0) is 33.2 Å². The Hall–Kier alpha value is -0.360. The molecule has 0 radical (unpaired) electrons. The van der Waals surface area contributed by atoms with E-state index >= 15 is 0 Å². The molecule has 5 rings (SSSR count). The average molecular weight is 459 g/mol. The molecule has 1 unspecified atom stereocenters. The maximum Gasteiger partial charge on any atom is 0.163 e. The highest BCUT2D eigenvalue weighted by Crippen LogP contribution is 2.40. The van der Waals surface area contributed by atoms with Gasteiger partial charge in [-0.05, 0) is 46.0 Å². The smallest absolute Gasteiger partial charge is 0.163 e. The maximum atomic E-state index is 10.7. The van der Waals surface area contributed by atoms with Gasteiger partial charge in [-0.1, -0.05) is 0 Å². The Bertz CT molecular complexity index is 625. The maximum absolute atomic E-state index is 10.7. The first-order valence-corrected chi connectivity index (χ1v) is 12.3. The third-order valence-corrected chi connectivity index (χ3v) is 7.37. The molecule has 32 heavy (non-hydrogen) atoms. The molecule has 2 N–H and O–H groups in total. The number of fused-ring (bicyclic) bond motifs is 3. The van der Waals surface area contributed by atoms with Crippen LogP contribution < -0.4 is 0 Å². The van der Waals surface area contributed by atoms with Gasteiger partial charge in [0.25, 0.3) is 0 Å². The lowest BCUT2D eigenvalue weighted by Crippen LogP contribution is -2.55. The highest BCUT2D eigenvalue weighted by molar-refractivity contribution is 4.98. The Morgan fingerprint density at radius 3 is 2.53 bits per heavy atom. The largest absolute Gasteiger partial charge is 0.394 e. The zero-order valence-electron chi connectivity index (χ0n) is 19.1. The topological polar surface area (TPSA) is 105 Å². The Balaban J connectivity index is 1.32. The first-order chi connectivity index (χ1) is 15.4. The number of aliphatic hydroxyl groups is 2. The normalized spacial score (nSPS) is 49.1. The van der Waals surface area contributed by atoms with E-state index < -0.39 is 18.0 Å². The molecule has 5 fully saturated rings. The predicted octanol–water partition coefficient (Wildman–Crippen LogP) is 1.27. The van der Waals surface area contributed by atoms with E-state index in [-0.39, 0.29) is 55.6 Å². The standard InChI is InChI=1S/C23H38O9/c1-23(2)27-12-20-15(32-23)7-6-14-16(28-20)10-18-22(31-14)17(9-13(25)19(11-24)29-18)30-21-5-3-4-8-26-21/h13-22,24-25H,3-12H2,1-2H3/t13-,14-,15+,16+,17+,18-,19+,20-,21?,22+/m1/s1. The lowest BCUT2D eigenvalue weighted by Gasteiger charge is -2.44. The van der Waals surface area contributed by atoms with Crippen LogP contribution in [0.4, 0.5) is 0 Å². The summed E-state index contributed by atoms with van der Waals surface area (Å²) in [4.78, 5) is 0. The zero-order valence-corrected chi connectivity index (χ0v) is 19.1. The number of ether oxygens (including phenoxy) is 7. The third-order valence-electron chi connectivity index (χ3n) is 7.37. The minimum atomic E-state index is -0.833. The van der Waals surface area contributed by atoms with Gasteiger partial charge in [-0.15, -0.1) is 0 Å². The quantitative estimate of drug-likeness (QED) is 0.647. The first-order valence-electron chi connectivity index (χ1n) is 12.3. The van der Waals surface area contributed by atoms with Crippen molar-refractivity contribution in [1.82, 2.24) is 0 Å². The van der Waals surface area contributed by atoms with Gasteiger partial charge in [-0.3, -0.25) is 0 Å². The van der Waals surface area contributed by atoms with Crippen LogP contribution in [0.1, 0.15) is 58.8 Å². The van der Waals surface area contributed by atoms with Crippen LogP contribution >= 0.6 is 0 Å². The van der Waals surface area contributed by atoms with Crippen molar-refractivity contribution >= 4 is 0 Å². The van der Waals surface area contributed by atoms with E-state index in [9.17, 15) is 10.2 Å². The van der Waals surface area contributed by atoms with Crippen LogP contribution in [-0.4, -0.2) is 97.0 Å². The predicted molar refractivity (Wildman–Crippen MR) is 111 cm³/mol. The summed E-state index contributed by atoms with van der Waals surface area (Å²) >= 11 is 0. The second-order valence-electron chi connectivity index (χ2n) is 10.2. The van der Waals surface area contributed by atoms with Crippen LogP contribution in [0.2, 0.25) is 0 Å². The molecule has 184 valence electrons. The highest BCUT2D eigenvalue weighted by atomic mass is 16.7. The monoisotopic (exact) mass is 458 g/mol. The Morgan fingerprint density at radius 2 is 1.75 bits per heavy atom. The van der Waals surface area contributed by atoms with Crippen molar-refractivity contribution < 1.29 is 43.4 Å². The zero-order chi connectivity index (χ0) is 22.3. The van der Waals surface area contributed by atoms with Gasteiger partial charge in [0.2, 0.25) is 0 Å². The van der Waals surface area contributed by atoms with Crippen LogP contribution in [0.15, 0.2) is 0 Å². The summed E-state index contributed by atoms with van der Waals surface area (Å²) in [6.45, 7) is 4.77. The van der Waals surface area contributed by atoms with Gasteiger partial charge in [-0.25, -0.2) is 0 Å². The fourth-order valence-corrected chi connectivity index (χ4v) is 5.69. The van der Waals surface area contributed by atoms with E-state index in [1.165, 1.54) is 0 Å². The molecular weight excluding hydrogens is 420 g/mol. The third kappa shape index (κ3) is 5.01. The molecule has 9 heteroatoms. The van der Waals surface area contributed by atoms with Gasteiger partial charge in [0.15, 0.2) is 12.1 Å². The Kier molecular flexibility index (Phi) is 7.10. The van der Waals surface area contributed by atoms with Gasteiger partial charge in [0.1, 0.15) is 18.3 Å². The van der Waals surface area contributed by atoms with Crippen molar-refractivity contribution in [3.8, 4) is 0 Å². The fraction of sp³-hybridized carbons (Fsp3) is 1.00. The molecule has 0 aromatic carbocycles. The summed E-state index contributed by atoms with van der Waals surface area (Å²) in [6.07, 6.45) is 2.17. The van der Waals surface area contributed by atoms with Crippen LogP contribution in [0.5, 0.6) is 0 Å². The molecule has 0 aromatic heterocycles. The molecule has 0 amide bonds. The molecule has 0 aromatic rings. The molecular formula is C23H38O9. The Labute approximate surface area is 189 Å². The van der Waals surface area contributed by atoms with Crippen molar-refractivity contribution in [2.45, 2.75) is 126 Å². The lowest BCUT2D eigenvalue weighted by molar-refractivity contribution is -0.318. The SMILES string of the molecule is CC1(C)OC[C@H]2O[C@H]3C[C@H]4O[C@@H](CO)[C@H](O)C[C@H](OC5CCCCO5)[C@@H]4O[C@@H]3CC[C@@H]2O1. The molecule has 0 spiro atoms. The summed E-state index contributed by atoms with van der Waals surface area (Å²) in [5, 5.41) is 20.5. The summed E-state index contributed by atoms with van der Waals surface area (Å²) in [5.41, 5.74) is 0. The average Bonchev–Trinajstić information content (AvgIpc) is 3.02. The van der Waals surface area contributed by atoms with Gasteiger partial charge < -0.3 is 43.4 Å². The van der Waals surface area contributed by atoms with E-state index in [1.54, 1.807) is 0 Å². The number of hydrogen-bond donors (Lipinski definition) is 2. The summed E-state index contributed by atoms with van der Waals surface area (Å²) < 4.78 is 43.3. The van der Waals surface area contributed by atoms with Crippen molar-refractivity contribution in [3.63, 3.8) is 0 Å². The van der Waals surface area contributed by atoms with Crippen LogP contribution in [0.25, 0.3) is 0 Å². The van der Waals surface area contributed by atoms with E-state index in [0.29, 0.717) is 26.1 Å². The molecule has 9 nitrogen and oxygen atoms in total. The van der Waals surface area contributed by atoms with Crippen molar-refractivity contribution in [1.29, 1.82) is 0 Å². The van der Waals surface area contributed by atoms with Crippen molar-refractivity contribution in [2.75, 3.05) is 19.8 Å². The van der Waals surface area contributed by atoms with E-state index in [4.69, 9.17) is 33.2 Å². The Morgan fingerprint density at radius 1 is 0.906 bits per heavy atom. The van der Waals surface area contributed by atoms with Crippen molar-refractivity contribution in [2.24, 2.45) is 0 Å². The van der Waals surface area contributed by atoms with Gasteiger partial charge in [-0.2, -0.15) is 0 Å². The lowest BCUT2D eigenvalue weighted by atomic mass is 9.91. The fourth-order valence-electron chi connectivity index (χ4n) is 5.69. The molecule has 5 aliphatic heterocycles. The van der Waals surface area contributed by atoms with Gasteiger partial charge in [0.05, 0.1) is 49.8 Å². The second kappa shape index (κ2) is 9.71. The summed E-state index contributed by atoms with van der Waals surface area (Å²) in [5.74, 6) is -0.612.